The Morgan fingerprint density at radius 1 is 1.20 bits per heavy atom. The van der Waals surface area contributed by atoms with Gasteiger partial charge in [-0.25, -0.2) is 0 Å². The van der Waals surface area contributed by atoms with Gasteiger partial charge in [0.25, 0.3) is 0 Å². The first-order chi connectivity index (χ1) is 9.74. The maximum absolute atomic E-state index is 5.47. The standard InChI is InChI=1S/C13H17N3O4/c1-17-7-9-10(18-2)5-4-8(12(9)19-3)13-15-11(6-14)20-16-13/h4-5H,6-7,14H2,1-3H3. The predicted molar refractivity (Wildman–Crippen MR) is 71.4 cm³/mol. The highest BCUT2D eigenvalue weighted by Gasteiger charge is 2.19. The number of hydrogen-bond acceptors (Lipinski definition) is 7. The van der Waals surface area contributed by atoms with Gasteiger partial charge in [-0.1, -0.05) is 5.16 Å². The fourth-order valence-electron chi connectivity index (χ4n) is 1.94. The number of rotatable bonds is 6. The monoisotopic (exact) mass is 279 g/mol. The Morgan fingerprint density at radius 2 is 2.00 bits per heavy atom. The van der Waals surface area contributed by atoms with Gasteiger partial charge in [-0.05, 0) is 12.1 Å². The molecule has 0 spiro atoms. The Morgan fingerprint density at radius 3 is 2.55 bits per heavy atom. The first-order valence-electron chi connectivity index (χ1n) is 6.01. The van der Waals surface area contributed by atoms with E-state index in [2.05, 4.69) is 10.1 Å². The normalized spacial score (nSPS) is 10.6. The lowest BCUT2D eigenvalue weighted by Gasteiger charge is -2.14. The van der Waals surface area contributed by atoms with E-state index in [4.69, 9.17) is 24.5 Å². The number of aromatic nitrogens is 2. The molecule has 0 bridgehead atoms. The quantitative estimate of drug-likeness (QED) is 0.853. The minimum absolute atomic E-state index is 0.191. The van der Waals surface area contributed by atoms with Crippen LogP contribution in [0.5, 0.6) is 11.5 Å². The molecule has 1 heterocycles. The van der Waals surface area contributed by atoms with E-state index >= 15 is 0 Å². The van der Waals surface area contributed by atoms with Gasteiger partial charge in [0.05, 0.1) is 38.5 Å². The van der Waals surface area contributed by atoms with Crippen molar-refractivity contribution >= 4 is 0 Å². The average Bonchev–Trinajstić information content (AvgIpc) is 2.95. The van der Waals surface area contributed by atoms with Crippen molar-refractivity contribution in [3.63, 3.8) is 0 Å². The third-order valence-corrected chi connectivity index (χ3v) is 2.81. The van der Waals surface area contributed by atoms with E-state index in [0.717, 1.165) is 5.56 Å². The predicted octanol–water partition coefficient (Wildman–Crippen LogP) is 1.36. The molecule has 108 valence electrons. The molecule has 2 aromatic rings. The number of nitrogens with zero attached hydrogens (tertiary/aromatic N) is 2. The maximum atomic E-state index is 5.47. The minimum atomic E-state index is 0.191. The molecular formula is C13H17N3O4. The van der Waals surface area contributed by atoms with Crippen LogP contribution >= 0.6 is 0 Å². The van der Waals surface area contributed by atoms with E-state index < -0.39 is 0 Å². The molecule has 0 saturated heterocycles. The zero-order valence-corrected chi connectivity index (χ0v) is 11.7. The first kappa shape index (κ1) is 14.3. The molecule has 0 radical (unpaired) electrons. The van der Waals surface area contributed by atoms with E-state index in [-0.39, 0.29) is 6.54 Å². The van der Waals surface area contributed by atoms with Crippen LogP contribution in [0.15, 0.2) is 16.7 Å². The first-order valence-corrected chi connectivity index (χ1v) is 6.01. The Labute approximate surface area is 116 Å². The van der Waals surface area contributed by atoms with E-state index in [1.807, 2.05) is 12.1 Å². The molecule has 0 unspecified atom stereocenters. The summed E-state index contributed by atoms with van der Waals surface area (Å²) in [4.78, 5) is 4.20. The van der Waals surface area contributed by atoms with Crippen LogP contribution in [0.3, 0.4) is 0 Å². The summed E-state index contributed by atoms with van der Waals surface area (Å²) in [6.07, 6.45) is 0. The summed E-state index contributed by atoms with van der Waals surface area (Å²) < 4.78 is 21.0. The lowest BCUT2D eigenvalue weighted by atomic mass is 10.1. The highest BCUT2D eigenvalue weighted by Crippen LogP contribution is 2.37. The molecule has 0 amide bonds. The SMILES string of the molecule is COCc1c(OC)ccc(-c2noc(CN)n2)c1OC. The third-order valence-electron chi connectivity index (χ3n) is 2.81. The molecule has 0 fully saturated rings. The van der Waals surface area contributed by atoms with Crippen molar-refractivity contribution in [3.8, 4) is 22.9 Å². The van der Waals surface area contributed by atoms with Crippen molar-refractivity contribution in [1.82, 2.24) is 10.1 Å². The maximum Gasteiger partial charge on any atom is 0.240 e. The van der Waals surface area contributed by atoms with Gasteiger partial charge >= 0.3 is 0 Å². The van der Waals surface area contributed by atoms with E-state index in [1.54, 1.807) is 21.3 Å². The Hall–Kier alpha value is -2.12. The van der Waals surface area contributed by atoms with Crippen molar-refractivity contribution in [1.29, 1.82) is 0 Å². The zero-order chi connectivity index (χ0) is 14.5. The third kappa shape index (κ3) is 2.59. The van der Waals surface area contributed by atoms with Crippen molar-refractivity contribution in [2.75, 3.05) is 21.3 Å². The van der Waals surface area contributed by atoms with Gasteiger partial charge in [0.15, 0.2) is 0 Å². The summed E-state index contributed by atoms with van der Waals surface area (Å²) in [5.74, 6) is 2.05. The van der Waals surface area contributed by atoms with E-state index in [1.165, 1.54) is 0 Å². The van der Waals surface area contributed by atoms with Crippen molar-refractivity contribution < 1.29 is 18.7 Å². The lowest BCUT2D eigenvalue weighted by molar-refractivity contribution is 0.178. The summed E-state index contributed by atoms with van der Waals surface area (Å²) in [5, 5.41) is 3.89. The number of nitrogens with two attached hydrogens (primary N) is 1. The summed E-state index contributed by atoms with van der Waals surface area (Å²) >= 11 is 0. The van der Waals surface area contributed by atoms with Crippen LogP contribution in [0, 0.1) is 0 Å². The topological polar surface area (TPSA) is 92.6 Å². The molecule has 2 N–H and O–H groups in total. The van der Waals surface area contributed by atoms with Crippen molar-refractivity contribution in [2.45, 2.75) is 13.2 Å². The van der Waals surface area contributed by atoms with Gasteiger partial charge in [0.1, 0.15) is 11.5 Å². The molecule has 7 heteroatoms. The second kappa shape index (κ2) is 6.36. The van der Waals surface area contributed by atoms with Crippen LogP contribution < -0.4 is 15.2 Å². The molecule has 0 aliphatic rings. The lowest BCUT2D eigenvalue weighted by Crippen LogP contribution is -2.01. The largest absolute Gasteiger partial charge is 0.496 e. The van der Waals surface area contributed by atoms with Gasteiger partial charge in [0, 0.05) is 7.11 Å². The van der Waals surface area contributed by atoms with Crippen LogP contribution in [0.1, 0.15) is 11.5 Å². The van der Waals surface area contributed by atoms with Crippen LogP contribution in [0.25, 0.3) is 11.4 Å². The molecule has 0 saturated carbocycles. The number of ether oxygens (including phenoxy) is 3. The molecule has 20 heavy (non-hydrogen) atoms. The molecule has 2 rings (SSSR count). The van der Waals surface area contributed by atoms with Gasteiger partial charge in [-0.2, -0.15) is 4.98 Å². The Kier molecular flexibility index (Phi) is 4.54. The second-order valence-corrected chi connectivity index (χ2v) is 3.98. The molecule has 0 atom stereocenters. The number of hydrogen-bond donors (Lipinski definition) is 1. The van der Waals surface area contributed by atoms with Crippen LogP contribution in [-0.4, -0.2) is 31.5 Å². The summed E-state index contributed by atoms with van der Waals surface area (Å²) in [6, 6.07) is 3.62. The van der Waals surface area contributed by atoms with Gasteiger partial charge in [-0.3, -0.25) is 0 Å². The van der Waals surface area contributed by atoms with E-state index in [0.29, 0.717) is 35.4 Å². The fraction of sp³-hybridized carbons (Fsp3) is 0.385. The second-order valence-electron chi connectivity index (χ2n) is 3.98. The summed E-state index contributed by atoms with van der Waals surface area (Å²) in [6.45, 7) is 0.540. The smallest absolute Gasteiger partial charge is 0.240 e. The minimum Gasteiger partial charge on any atom is -0.496 e. The van der Waals surface area contributed by atoms with Crippen LogP contribution in [0.2, 0.25) is 0 Å². The molecule has 1 aromatic carbocycles. The number of methoxy groups -OCH3 is 3. The molecule has 7 nitrogen and oxygen atoms in total. The fourth-order valence-corrected chi connectivity index (χ4v) is 1.94. The zero-order valence-electron chi connectivity index (χ0n) is 11.7. The molecular weight excluding hydrogens is 262 g/mol. The number of benzene rings is 1. The Balaban J connectivity index is 2.55. The molecule has 0 aliphatic carbocycles. The van der Waals surface area contributed by atoms with Crippen molar-refractivity contribution in [3.05, 3.63) is 23.6 Å². The summed E-state index contributed by atoms with van der Waals surface area (Å²) in [5.41, 5.74) is 6.95. The summed E-state index contributed by atoms with van der Waals surface area (Å²) in [7, 11) is 4.77. The average molecular weight is 279 g/mol. The molecule has 1 aromatic heterocycles. The van der Waals surface area contributed by atoms with Crippen LogP contribution in [-0.2, 0) is 17.9 Å². The van der Waals surface area contributed by atoms with Crippen LogP contribution in [0.4, 0.5) is 0 Å². The Bertz CT molecular complexity index is 583. The molecule has 0 aliphatic heterocycles. The van der Waals surface area contributed by atoms with Crippen molar-refractivity contribution in [2.24, 2.45) is 5.73 Å². The van der Waals surface area contributed by atoms with Gasteiger partial charge in [0.2, 0.25) is 11.7 Å². The highest BCUT2D eigenvalue weighted by atomic mass is 16.5. The van der Waals surface area contributed by atoms with E-state index in [9.17, 15) is 0 Å². The van der Waals surface area contributed by atoms with Gasteiger partial charge < -0.3 is 24.5 Å². The van der Waals surface area contributed by atoms with Gasteiger partial charge in [-0.15, -0.1) is 0 Å². The highest BCUT2D eigenvalue weighted by molar-refractivity contribution is 5.69.